The molecule has 2 saturated heterocycles. The van der Waals surface area contributed by atoms with Crippen molar-refractivity contribution < 1.29 is 14.3 Å². The summed E-state index contributed by atoms with van der Waals surface area (Å²) in [6, 6.07) is 8.28. The van der Waals surface area contributed by atoms with E-state index >= 15 is 0 Å². The predicted octanol–water partition coefficient (Wildman–Crippen LogP) is 2.99. The van der Waals surface area contributed by atoms with Gasteiger partial charge in [0.05, 0.1) is 19.3 Å². The summed E-state index contributed by atoms with van der Waals surface area (Å²) in [5.74, 6) is 0. The van der Waals surface area contributed by atoms with Crippen molar-refractivity contribution in [1.29, 1.82) is 0 Å². The number of ether oxygens (including phenoxy) is 2. The first-order valence-electron chi connectivity index (χ1n) is 8.52. The van der Waals surface area contributed by atoms with Crippen LogP contribution in [0.5, 0.6) is 0 Å². The van der Waals surface area contributed by atoms with E-state index in [-0.39, 0.29) is 18.2 Å². The van der Waals surface area contributed by atoms with E-state index in [0.717, 1.165) is 19.4 Å². The van der Waals surface area contributed by atoms with Crippen molar-refractivity contribution in [3.05, 3.63) is 35.2 Å². The molecular weight excluding hydrogens is 324 g/mol. The monoisotopic (exact) mass is 346 g/mol. The highest BCUT2D eigenvalue weighted by Crippen LogP contribution is 2.25. The third-order valence-corrected chi connectivity index (χ3v) is 5.76. The first-order valence-corrected chi connectivity index (χ1v) is 9.40. The van der Waals surface area contributed by atoms with Gasteiger partial charge in [-0.1, -0.05) is 18.2 Å². The maximum Gasteiger partial charge on any atom is 0.317 e. The molecule has 0 unspecified atom stereocenters. The van der Waals surface area contributed by atoms with E-state index in [1.165, 1.54) is 15.6 Å². The standard InChI is InChI=1S/C18H22N2O3S/c21-18(19-10-13-12-24-17-6-2-1-4-14(13)17)20-7-9-23-16(11-20)15-5-3-8-22-15/h1-2,4,6,12,15-16H,3,5,7-11H2,(H,19,21)/t15-,16+/m0/s1. The maximum absolute atomic E-state index is 12.5. The number of rotatable bonds is 3. The third kappa shape index (κ3) is 3.27. The van der Waals surface area contributed by atoms with E-state index < -0.39 is 0 Å². The van der Waals surface area contributed by atoms with Gasteiger partial charge in [0.15, 0.2) is 0 Å². The van der Waals surface area contributed by atoms with Crippen LogP contribution in [-0.4, -0.2) is 49.4 Å². The molecule has 128 valence electrons. The molecule has 24 heavy (non-hydrogen) atoms. The van der Waals surface area contributed by atoms with Crippen LogP contribution in [0.15, 0.2) is 29.6 Å². The molecule has 3 heterocycles. The highest BCUT2D eigenvalue weighted by Gasteiger charge is 2.32. The van der Waals surface area contributed by atoms with Crippen LogP contribution in [0, 0.1) is 0 Å². The molecule has 0 spiro atoms. The van der Waals surface area contributed by atoms with Gasteiger partial charge in [-0.3, -0.25) is 0 Å². The average molecular weight is 346 g/mol. The summed E-state index contributed by atoms with van der Waals surface area (Å²) in [5, 5.41) is 6.40. The summed E-state index contributed by atoms with van der Waals surface area (Å²) in [4.78, 5) is 14.4. The Labute approximate surface area is 145 Å². The van der Waals surface area contributed by atoms with Gasteiger partial charge in [0.1, 0.15) is 6.10 Å². The third-order valence-electron chi connectivity index (χ3n) is 4.75. The first-order chi connectivity index (χ1) is 11.8. The SMILES string of the molecule is O=C(NCc1csc2ccccc12)N1CCO[C@@H]([C@@H]2CCCO2)C1. The molecule has 6 heteroatoms. The number of morpholine rings is 1. The van der Waals surface area contributed by atoms with E-state index in [9.17, 15) is 4.79 Å². The molecular formula is C18H22N2O3S. The molecule has 2 fully saturated rings. The Kier molecular flexibility index (Phi) is 4.69. The molecule has 2 amide bonds. The lowest BCUT2D eigenvalue weighted by Gasteiger charge is -2.35. The number of benzene rings is 1. The fourth-order valence-corrected chi connectivity index (χ4v) is 4.40. The highest BCUT2D eigenvalue weighted by atomic mass is 32.1. The Balaban J connectivity index is 1.35. The Morgan fingerprint density at radius 3 is 3.00 bits per heavy atom. The van der Waals surface area contributed by atoms with Gasteiger partial charge in [0, 0.05) is 24.4 Å². The van der Waals surface area contributed by atoms with Crippen molar-refractivity contribution in [1.82, 2.24) is 10.2 Å². The zero-order valence-corrected chi connectivity index (χ0v) is 14.4. The highest BCUT2D eigenvalue weighted by molar-refractivity contribution is 7.17. The van der Waals surface area contributed by atoms with E-state index in [0.29, 0.717) is 26.2 Å². The summed E-state index contributed by atoms with van der Waals surface area (Å²) in [7, 11) is 0. The van der Waals surface area contributed by atoms with Gasteiger partial charge >= 0.3 is 6.03 Å². The maximum atomic E-state index is 12.5. The van der Waals surface area contributed by atoms with Gasteiger partial charge in [-0.2, -0.15) is 0 Å². The van der Waals surface area contributed by atoms with E-state index in [4.69, 9.17) is 9.47 Å². The molecule has 0 radical (unpaired) electrons. The van der Waals surface area contributed by atoms with E-state index in [1.54, 1.807) is 11.3 Å². The lowest BCUT2D eigenvalue weighted by molar-refractivity contribution is -0.0849. The fraction of sp³-hybridized carbons (Fsp3) is 0.500. The van der Waals surface area contributed by atoms with Crippen molar-refractivity contribution in [3.8, 4) is 0 Å². The van der Waals surface area contributed by atoms with Gasteiger partial charge < -0.3 is 19.7 Å². The van der Waals surface area contributed by atoms with Gasteiger partial charge in [0.25, 0.3) is 0 Å². The first kappa shape index (κ1) is 15.9. The molecule has 1 N–H and O–H groups in total. The molecule has 2 aromatic rings. The lowest BCUT2D eigenvalue weighted by atomic mass is 10.1. The largest absolute Gasteiger partial charge is 0.375 e. The number of nitrogens with one attached hydrogen (secondary N) is 1. The molecule has 2 aliphatic rings. The van der Waals surface area contributed by atoms with Crippen LogP contribution in [0.1, 0.15) is 18.4 Å². The number of fused-ring (bicyclic) bond motifs is 1. The van der Waals surface area contributed by atoms with Crippen molar-refractivity contribution in [2.75, 3.05) is 26.3 Å². The zero-order chi connectivity index (χ0) is 16.4. The van der Waals surface area contributed by atoms with E-state index in [1.807, 2.05) is 17.0 Å². The Morgan fingerprint density at radius 1 is 1.25 bits per heavy atom. The summed E-state index contributed by atoms with van der Waals surface area (Å²) in [5.41, 5.74) is 1.17. The summed E-state index contributed by atoms with van der Waals surface area (Å²) >= 11 is 1.72. The van der Waals surface area contributed by atoms with E-state index in [2.05, 4.69) is 22.8 Å². The average Bonchev–Trinajstić information content (AvgIpc) is 3.30. The molecule has 5 nitrogen and oxygen atoms in total. The normalized spacial score (nSPS) is 24.4. The summed E-state index contributed by atoms with van der Waals surface area (Å²) in [6.07, 6.45) is 2.26. The number of nitrogens with zero attached hydrogens (tertiary/aromatic N) is 1. The quantitative estimate of drug-likeness (QED) is 0.929. The number of carbonyl (C=O) groups is 1. The molecule has 2 atom stereocenters. The van der Waals surface area contributed by atoms with Gasteiger partial charge in [-0.05, 0) is 35.2 Å². The number of amides is 2. The van der Waals surface area contributed by atoms with Crippen LogP contribution >= 0.6 is 11.3 Å². The molecule has 0 bridgehead atoms. The minimum Gasteiger partial charge on any atom is -0.375 e. The Bertz CT molecular complexity index is 711. The Morgan fingerprint density at radius 2 is 2.12 bits per heavy atom. The Hall–Kier alpha value is -1.63. The molecule has 2 aliphatic heterocycles. The molecule has 4 rings (SSSR count). The number of thiophene rings is 1. The van der Waals surface area contributed by atoms with Crippen LogP contribution in [0.4, 0.5) is 4.79 Å². The van der Waals surface area contributed by atoms with Crippen LogP contribution in [0.25, 0.3) is 10.1 Å². The van der Waals surface area contributed by atoms with Crippen molar-refractivity contribution >= 4 is 27.5 Å². The number of hydrogen-bond acceptors (Lipinski definition) is 4. The van der Waals surface area contributed by atoms with Gasteiger partial charge in [-0.15, -0.1) is 11.3 Å². The minimum atomic E-state index is -0.0171. The van der Waals surface area contributed by atoms with Crippen molar-refractivity contribution in [3.63, 3.8) is 0 Å². The van der Waals surface area contributed by atoms with Crippen molar-refractivity contribution in [2.45, 2.75) is 31.6 Å². The lowest BCUT2D eigenvalue weighted by Crippen LogP contribution is -2.52. The summed E-state index contributed by atoms with van der Waals surface area (Å²) in [6.45, 7) is 3.20. The van der Waals surface area contributed by atoms with Crippen LogP contribution < -0.4 is 5.32 Å². The second-order valence-corrected chi connectivity index (χ2v) is 7.23. The molecule has 1 aromatic carbocycles. The second-order valence-electron chi connectivity index (χ2n) is 6.32. The number of hydrogen-bond donors (Lipinski definition) is 1. The van der Waals surface area contributed by atoms with Crippen LogP contribution in [0.3, 0.4) is 0 Å². The van der Waals surface area contributed by atoms with Gasteiger partial charge in [0.2, 0.25) is 0 Å². The minimum absolute atomic E-state index is 0.00831. The molecule has 0 aliphatic carbocycles. The second kappa shape index (κ2) is 7.09. The zero-order valence-electron chi connectivity index (χ0n) is 13.6. The molecule has 0 saturated carbocycles. The van der Waals surface area contributed by atoms with Gasteiger partial charge in [-0.25, -0.2) is 4.79 Å². The topological polar surface area (TPSA) is 50.8 Å². The van der Waals surface area contributed by atoms with Crippen LogP contribution in [-0.2, 0) is 16.0 Å². The predicted molar refractivity (Wildman–Crippen MR) is 94.3 cm³/mol. The summed E-state index contributed by atoms with van der Waals surface area (Å²) < 4.78 is 12.8. The molecule has 1 aromatic heterocycles. The van der Waals surface area contributed by atoms with Crippen molar-refractivity contribution in [2.24, 2.45) is 0 Å². The van der Waals surface area contributed by atoms with Crippen LogP contribution in [0.2, 0.25) is 0 Å². The smallest absolute Gasteiger partial charge is 0.317 e. The number of urea groups is 1. The number of carbonyl (C=O) groups excluding carboxylic acids is 1. The fourth-order valence-electron chi connectivity index (χ4n) is 3.43.